The summed E-state index contributed by atoms with van der Waals surface area (Å²) in [6.45, 7) is 3.27. The summed E-state index contributed by atoms with van der Waals surface area (Å²) in [6.07, 6.45) is 0. The van der Waals surface area contributed by atoms with Crippen molar-refractivity contribution in [1.29, 1.82) is 0 Å². The number of rotatable bonds is 3. The fourth-order valence-corrected chi connectivity index (χ4v) is 3.94. The van der Waals surface area contributed by atoms with Gasteiger partial charge in [-0.15, -0.1) is 0 Å². The first-order chi connectivity index (χ1) is 9.63. The molecule has 9 heteroatoms. The molecule has 21 heavy (non-hydrogen) atoms. The molecule has 1 aromatic heterocycles. The molecule has 0 radical (unpaired) electrons. The third-order valence-electron chi connectivity index (χ3n) is 2.98. The Morgan fingerprint density at radius 3 is 2.19 bits per heavy atom. The zero-order valence-electron chi connectivity index (χ0n) is 11.5. The highest BCUT2D eigenvalue weighted by atomic mass is 35.5. The normalized spacial score (nSPS) is 11.7. The van der Waals surface area contributed by atoms with E-state index < -0.39 is 10.0 Å². The van der Waals surface area contributed by atoms with Gasteiger partial charge in [0, 0.05) is 7.05 Å². The molecule has 0 saturated heterocycles. The number of hydrogen-bond donors (Lipinski definition) is 2. The van der Waals surface area contributed by atoms with Crippen molar-refractivity contribution in [1.82, 2.24) is 9.78 Å². The van der Waals surface area contributed by atoms with Crippen LogP contribution in [-0.4, -0.2) is 23.3 Å². The molecule has 2 rings (SSSR count). The third kappa shape index (κ3) is 2.95. The average molecular weight is 350 g/mol. The van der Waals surface area contributed by atoms with Crippen LogP contribution in [0.25, 0.3) is 0 Å². The second-order valence-corrected chi connectivity index (χ2v) is 6.95. The maximum absolute atomic E-state index is 12.5. The molecule has 6 nitrogen and oxygen atoms in total. The van der Waals surface area contributed by atoms with E-state index in [1.165, 1.54) is 16.8 Å². The van der Waals surface area contributed by atoms with Gasteiger partial charge in [-0.1, -0.05) is 23.2 Å². The van der Waals surface area contributed by atoms with Crippen molar-refractivity contribution in [3.05, 3.63) is 33.6 Å². The molecule has 0 amide bonds. The van der Waals surface area contributed by atoms with Crippen LogP contribution in [0.15, 0.2) is 17.0 Å². The Hall–Kier alpha value is -1.44. The van der Waals surface area contributed by atoms with Crippen LogP contribution < -0.4 is 4.72 Å². The number of phenols is 1. The second-order valence-electron chi connectivity index (χ2n) is 4.52. The molecule has 0 unspecified atom stereocenters. The summed E-state index contributed by atoms with van der Waals surface area (Å²) in [7, 11) is -2.17. The lowest BCUT2D eigenvalue weighted by Gasteiger charge is -2.10. The van der Waals surface area contributed by atoms with E-state index in [4.69, 9.17) is 23.2 Å². The van der Waals surface area contributed by atoms with E-state index in [0.29, 0.717) is 11.4 Å². The second kappa shape index (κ2) is 5.40. The van der Waals surface area contributed by atoms with Gasteiger partial charge in [0.15, 0.2) is 5.75 Å². The summed E-state index contributed by atoms with van der Waals surface area (Å²) in [5.74, 6) is -0.296. The molecule has 1 heterocycles. The largest absolute Gasteiger partial charge is 0.505 e. The first kappa shape index (κ1) is 15.9. The van der Waals surface area contributed by atoms with E-state index in [0.717, 1.165) is 0 Å². The average Bonchev–Trinajstić information content (AvgIpc) is 2.60. The fourth-order valence-electron chi connectivity index (χ4n) is 1.97. The molecule has 0 bridgehead atoms. The lowest BCUT2D eigenvalue weighted by molar-refractivity contribution is 0.476. The Balaban J connectivity index is 2.47. The van der Waals surface area contributed by atoms with E-state index >= 15 is 0 Å². The molecular weight excluding hydrogens is 337 g/mol. The Morgan fingerprint density at radius 1 is 1.24 bits per heavy atom. The minimum Gasteiger partial charge on any atom is -0.505 e. The molecule has 0 spiro atoms. The van der Waals surface area contributed by atoms with Crippen molar-refractivity contribution >= 4 is 38.9 Å². The van der Waals surface area contributed by atoms with Gasteiger partial charge in [0.2, 0.25) is 0 Å². The highest BCUT2D eigenvalue weighted by Gasteiger charge is 2.24. The fraction of sp³-hybridized carbons (Fsp3) is 0.250. The zero-order valence-corrected chi connectivity index (χ0v) is 13.8. The number of halogens is 2. The standard InChI is InChI=1S/C12H13Cl2N3O3S/c1-6-12(7(2)17(3)15-6)21(19,20)16-8-4-9(13)11(18)10(14)5-8/h4-5,16,18H,1-3H3. The maximum atomic E-state index is 12.5. The lowest BCUT2D eigenvalue weighted by atomic mass is 10.3. The lowest BCUT2D eigenvalue weighted by Crippen LogP contribution is -2.15. The van der Waals surface area contributed by atoms with Gasteiger partial charge in [0.25, 0.3) is 10.0 Å². The predicted molar refractivity (Wildman–Crippen MR) is 81.6 cm³/mol. The van der Waals surface area contributed by atoms with Crippen LogP contribution in [-0.2, 0) is 17.1 Å². The van der Waals surface area contributed by atoms with Gasteiger partial charge in [0.05, 0.1) is 27.1 Å². The van der Waals surface area contributed by atoms with Crippen molar-refractivity contribution in [2.24, 2.45) is 7.05 Å². The smallest absolute Gasteiger partial charge is 0.265 e. The SMILES string of the molecule is Cc1nn(C)c(C)c1S(=O)(=O)Nc1cc(Cl)c(O)c(Cl)c1. The molecule has 0 fully saturated rings. The molecule has 2 aromatic rings. The van der Waals surface area contributed by atoms with Gasteiger partial charge in [-0.2, -0.15) is 5.10 Å². The molecule has 2 N–H and O–H groups in total. The maximum Gasteiger partial charge on any atom is 0.265 e. The van der Waals surface area contributed by atoms with Crippen molar-refractivity contribution in [3.63, 3.8) is 0 Å². The number of phenolic OH excluding ortho intramolecular Hbond substituents is 1. The molecule has 0 atom stereocenters. The van der Waals surface area contributed by atoms with E-state index in [1.54, 1.807) is 20.9 Å². The summed E-state index contributed by atoms with van der Waals surface area (Å²) >= 11 is 11.5. The topological polar surface area (TPSA) is 84.2 Å². The van der Waals surface area contributed by atoms with Crippen LogP contribution in [0.2, 0.25) is 10.0 Å². The zero-order chi connectivity index (χ0) is 15.9. The molecular formula is C12H13Cl2N3O3S. The minimum absolute atomic E-state index is 0.0418. The van der Waals surface area contributed by atoms with Gasteiger partial charge in [-0.05, 0) is 26.0 Å². The summed E-state index contributed by atoms with van der Waals surface area (Å²) in [6, 6.07) is 2.56. The predicted octanol–water partition coefficient (Wildman–Crippen LogP) is 2.85. The first-order valence-corrected chi connectivity index (χ1v) is 8.08. The van der Waals surface area contributed by atoms with E-state index in [1.807, 2.05) is 0 Å². The van der Waals surface area contributed by atoms with Crippen LogP contribution in [0.4, 0.5) is 5.69 Å². The molecule has 0 saturated carbocycles. The quantitative estimate of drug-likeness (QED) is 0.834. The number of aromatic hydroxyl groups is 1. The van der Waals surface area contributed by atoms with Gasteiger partial charge in [-0.25, -0.2) is 8.42 Å². The number of hydrogen-bond acceptors (Lipinski definition) is 4. The number of anilines is 1. The van der Waals surface area contributed by atoms with Crippen LogP contribution in [0, 0.1) is 13.8 Å². The number of sulfonamides is 1. The molecule has 0 aliphatic heterocycles. The summed E-state index contributed by atoms with van der Waals surface area (Å²) in [5.41, 5.74) is 1.06. The van der Waals surface area contributed by atoms with Gasteiger partial charge in [-0.3, -0.25) is 9.40 Å². The highest BCUT2D eigenvalue weighted by molar-refractivity contribution is 7.92. The van der Waals surface area contributed by atoms with Gasteiger partial charge < -0.3 is 5.11 Å². The Bertz CT molecular complexity index is 792. The van der Waals surface area contributed by atoms with Crippen LogP contribution in [0.3, 0.4) is 0 Å². The molecule has 1 aromatic carbocycles. The Kier molecular flexibility index (Phi) is 4.10. The molecule has 0 aliphatic carbocycles. The Labute approximate surface area is 132 Å². The number of nitrogens with one attached hydrogen (secondary N) is 1. The molecule has 0 aliphatic rings. The number of nitrogens with zero attached hydrogens (tertiary/aromatic N) is 2. The number of aryl methyl sites for hydroxylation is 2. The minimum atomic E-state index is -3.83. The number of benzene rings is 1. The molecule has 114 valence electrons. The van der Waals surface area contributed by atoms with Gasteiger partial charge >= 0.3 is 0 Å². The van der Waals surface area contributed by atoms with Crippen LogP contribution in [0.1, 0.15) is 11.4 Å². The van der Waals surface area contributed by atoms with Crippen molar-refractivity contribution in [2.45, 2.75) is 18.7 Å². The summed E-state index contributed by atoms with van der Waals surface area (Å²) in [4.78, 5) is 0.102. The van der Waals surface area contributed by atoms with E-state index in [2.05, 4.69) is 9.82 Å². The third-order valence-corrected chi connectivity index (χ3v) is 5.19. The summed E-state index contributed by atoms with van der Waals surface area (Å²) < 4.78 is 28.8. The Morgan fingerprint density at radius 2 is 1.76 bits per heavy atom. The van der Waals surface area contributed by atoms with Gasteiger partial charge in [0.1, 0.15) is 4.90 Å². The first-order valence-electron chi connectivity index (χ1n) is 5.84. The van der Waals surface area contributed by atoms with Crippen molar-refractivity contribution < 1.29 is 13.5 Å². The van der Waals surface area contributed by atoms with E-state index in [-0.39, 0.29) is 26.4 Å². The monoisotopic (exact) mass is 349 g/mol. The van der Waals surface area contributed by atoms with Crippen LogP contribution in [0.5, 0.6) is 5.75 Å². The number of aromatic nitrogens is 2. The van der Waals surface area contributed by atoms with E-state index in [9.17, 15) is 13.5 Å². The summed E-state index contributed by atoms with van der Waals surface area (Å²) in [5, 5.41) is 13.5. The van der Waals surface area contributed by atoms with Crippen molar-refractivity contribution in [3.8, 4) is 5.75 Å². The van der Waals surface area contributed by atoms with Crippen LogP contribution >= 0.6 is 23.2 Å². The van der Waals surface area contributed by atoms with Crippen molar-refractivity contribution in [2.75, 3.05) is 4.72 Å². The highest BCUT2D eigenvalue weighted by Crippen LogP contribution is 2.35.